The van der Waals surface area contributed by atoms with Crippen molar-refractivity contribution in [1.29, 1.82) is 0 Å². The summed E-state index contributed by atoms with van der Waals surface area (Å²) < 4.78 is 5.07. The van der Waals surface area contributed by atoms with Crippen molar-refractivity contribution in [1.82, 2.24) is 9.80 Å². The van der Waals surface area contributed by atoms with Gasteiger partial charge in [0.25, 0.3) is 11.8 Å². The zero-order valence-corrected chi connectivity index (χ0v) is 16.1. The highest BCUT2D eigenvalue weighted by Gasteiger charge is 2.41. The average Bonchev–Trinajstić information content (AvgIpc) is 2.87. The van der Waals surface area contributed by atoms with E-state index in [-0.39, 0.29) is 11.8 Å². The van der Waals surface area contributed by atoms with Gasteiger partial charge in [0.15, 0.2) is 0 Å². The van der Waals surface area contributed by atoms with Crippen molar-refractivity contribution in [3.8, 4) is 0 Å². The van der Waals surface area contributed by atoms with E-state index in [1.54, 1.807) is 19.2 Å². The van der Waals surface area contributed by atoms with Crippen LogP contribution in [0.1, 0.15) is 31.7 Å². The van der Waals surface area contributed by atoms with Crippen molar-refractivity contribution < 1.29 is 14.3 Å². The number of hydrogen-bond acceptors (Lipinski definition) is 4. The van der Waals surface area contributed by atoms with Crippen LogP contribution in [-0.2, 0) is 14.3 Å². The molecule has 1 unspecified atom stereocenters. The van der Waals surface area contributed by atoms with E-state index < -0.39 is 0 Å². The van der Waals surface area contributed by atoms with Crippen LogP contribution < -0.4 is 0 Å². The Labute approximate surface area is 159 Å². The highest BCUT2D eigenvalue weighted by Crippen LogP contribution is 2.34. The van der Waals surface area contributed by atoms with Crippen LogP contribution in [0.25, 0.3) is 5.57 Å². The van der Waals surface area contributed by atoms with Gasteiger partial charge >= 0.3 is 0 Å². The minimum atomic E-state index is -0.221. The molecule has 1 saturated heterocycles. The maximum atomic E-state index is 13.1. The fourth-order valence-electron chi connectivity index (χ4n) is 3.70. The predicted octanol–water partition coefficient (Wildman–Crippen LogP) is 3.19. The largest absolute Gasteiger partial charge is 0.385 e. The molecular weight excluding hydrogens is 352 g/mol. The van der Waals surface area contributed by atoms with Gasteiger partial charge in [-0.1, -0.05) is 30.7 Å². The third-order valence-electron chi connectivity index (χ3n) is 4.98. The smallest absolute Gasteiger partial charge is 0.277 e. The molecule has 0 aromatic heterocycles. The molecule has 26 heavy (non-hydrogen) atoms. The first-order valence-corrected chi connectivity index (χ1v) is 9.51. The molecule has 2 aliphatic heterocycles. The molecule has 5 nitrogen and oxygen atoms in total. The minimum Gasteiger partial charge on any atom is -0.385 e. The molecule has 3 rings (SSSR count). The Morgan fingerprint density at radius 3 is 2.58 bits per heavy atom. The van der Waals surface area contributed by atoms with Gasteiger partial charge in [-0.15, -0.1) is 0 Å². The highest BCUT2D eigenvalue weighted by molar-refractivity contribution is 6.36. The SMILES string of the molecule is COCCCN1C(=O)C(c2ccc(Cl)cc2)=C(N2CCCC(C)C2)C1=O. The third kappa shape index (κ3) is 3.79. The molecule has 0 spiro atoms. The van der Waals surface area contributed by atoms with Crippen molar-refractivity contribution >= 4 is 29.0 Å². The Morgan fingerprint density at radius 2 is 1.92 bits per heavy atom. The Balaban J connectivity index is 1.97. The highest BCUT2D eigenvalue weighted by atomic mass is 35.5. The number of amides is 2. The minimum absolute atomic E-state index is 0.190. The van der Waals surface area contributed by atoms with Crippen molar-refractivity contribution in [2.45, 2.75) is 26.2 Å². The quantitative estimate of drug-likeness (QED) is 0.565. The Hall–Kier alpha value is -1.85. The van der Waals surface area contributed by atoms with Gasteiger partial charge in [0.2, 0.25) is 0 Å². The summed E-state index contributed by atoms with van der Waals surface area (Å²) in [5.41, 5.74) is 1.79. The molecule has 6 heteroatoms. The van der Waals surface area contributed by atoms with Crippen LogP contribution >= 0.6 is 11.6 Å². The number of likely N-dealkylation sites (tertiary alicyclic amines) is 1. The second-order valence-corrected chi connectivity index (χ2v) is 7.47. The fourth-order valence-corrected chi connectivity index (χ4v) is 3.82. The van der Waals surface area contributed by atoms with E-state index in [0.29, 0.717) is 41.8 Å². The lowest BCUT2D eigenvalue weighted by Crippen LogP contribution is -2.39. The van der Waals surface area contributed by atoms with Gasteiger partial charge in [-0.25, -0.2) is 0 Å². The standard InChI is InChI=1S/C20H25ClN2O3/c1-14-5-3-10-22(13-14)18-17(15-6-8-16(21)9-7-15)19(24)23(20(18)25)11-4-12-26-2/h6-9,14H,3-5,10-13H2,1-2H3. The molecule has 140 valence electrons. The molecule has 1 aromatic rings. The number of imide groups is 1. The summed E-state index contributed by atoms with van der Waals surface area (Å²) in [6, 6.07) is 7.14. The Kier molecular flexibility index (Phi) is 5.99. The van der Waals surface area contributed by atoms with Gasteiger partial charge in [-0.05, 0) is 42.9 Å². The number of carbonyl (C=O) groups excluding carboxylic acids is 2. The predicted molar refractivity (Wildman–Crippen MR) is 102 cm³/mol. The van der Waals surface area contributed by atoms with E-state index in [4.69, 9.17) is 16.3 Å². The van der Waals surface area contributed by atoms with Crippen LogP contribution in [-0.4, -0.2) is 55.0 Å². The van der Waals surface area contributed by atoms with Crippen molar-refractivity contribution in [2.24, 2.45) is 5.92 Å². The molecule has 0 radical (unpaired) electrons. The van der Waals surface area contributed by atoms with Crippen LogP contribution in [0.15, 0.2) is 30.0 Å². The zero-order valence-electron chi connectivity index (χ0n) is 15.3. The van der Waals surface area contributed by atoms with Crippen LogP contribution in [0.4, 0.5) is 0 Å². The first kappa shape index (κ1) is 18.9. The molecule has 0 bridgehead atoms. The molecule has 2 aliphatic rings. The Bertz CT molecular complexity index is 714. The van der Waals surface area contributed by atoms with E-state index >= 15 is 0 Å². The summed E-state index contributed by atoms with van der Waals surface area (Å²) in [7, 11) is 1.62. The van der Waals surface area contributed by atoms with Crippen LogP contribution in [0.2, 0.25) is 5.02 Å². The second kappa shape index (κ2) is 8.23. The van der Waals surface area contributed by atoms with Gasteiger partial charge in [-0.2, -0.15) is 0 Å². The summed E-state index contributed by atoms with van der Waals surface area (Å²) in [5.74, 6) is 0.0972. The lowest BCUT2D eigenvalue weighted by molar-refractivity contribution is -0.137. The number of halogens is 1. The second-order valence-electron chi connectivity index (χ2n) is 7.03. The lowest BCUT2D eigenvalue weighted by atomic mass is 9.98. The number of benzene rings is 1. The van der Waals surface area contributed by atoms with Gasteiger partial charge in [-0.3, -0.25) is 14.5 Å². The molecule has 2 heterocycles. The third-order valence-corrected chi connectivity index (χ3v) is 5.23. The summed E-state index contributed by atoms with van der Waals surface area (Å²) in [6.07, 6.45) is 2.81. The molecule has 0 saturated carbocycles. The monoisotopic (exact) mass is 376 g/mol. The maximum Gasteiger partial charge on any atom is 0.277 e. The molecule has 2 amide bonds. The van der Waals surface area contributed by atoms with E-state index in [0.717, 1.165) is 31.5 Å². The van der Waals surface area contributed by atoms with Crippen molar-refractivity contribution in [3.63, 3.8) is 0 Å². The van der Waals surface area contributed by atoms with Crippen LogP contribution in [0, 0.1) is 5.92 Å². The molecule has 1 atom stereocenters. The normalized spacial score (nSPS) is 21.1. The number of ether oxygens (including phenoxy) is 1. The number of hydrogen-bond donors (Lipinski definition) is 0. The fraction of sp³-hybridized carbons (Fsp3) is 0.500. The average molecular weight is 377 g/mol. The number of piperidine rings is 1. The zero-order chi connectivity index (χ0) is 18.7. The summed E-state index contributed by atoms with van der Waals surface area (Å²) in [5, 5.41) is 0.608. The first-order chi connectivity index (χ1) is 12.5. The lowest BCUT2D eigenvalue weighted by Gasteiger charge is -2.33. The molecule has 1 fully saturated rings. The topological polar surface area (TPSA) is 49.9 Å². The van der Waals surface area contributed by atoms with Gasteiger partial charge in [0.1, 0.15) is 5.70 Å². The Morgan fingerprint density at radius 1 is 1.19 bits per heavy atom. The van der Waals surface area contributed by atoms with Gasteiger partial charge in [0, 0.05) is 38.4 Å². The van der Waals surface area contributed by atoms with Crippen LogP contribution in [0.3, 0.4) is 0 Å². The molecule has 1 aromatic carbocycles. The van der Waals surface area contributed by atoms with E-state index in [9.17, 15) is 9.59 Å². The number of carbonyl (C=O) groups is 2. The van der Waals surface area contributed by atoms with E-state index in [1.807, 2.05) is 12.1 Å². The molecule has 0 N–H and O–H groups in total. The summed E-state index contributed by atoms with van der Waals surface area (Å²) in [6.45, 7) is 4.68. The van der Waals surface area contributed by atoms with Gasteiger partial charge in [0.05, 0.1) is 5.57 Å². The summed E-state index contributed by atoms with van der Waals surface area (Å²) >= 11 is 6.00. The first-order valence-electron chi connectivity index (χ1n) is 9.13. The van der Waals surface area contributed by atoms with Crippen LogP contribution in [0.5, 0.6) is 0 Å². The van der Waals surface area contributed by atoms with E-state index in [1.165, 1.54) is 4.90 Å². The summed E-state index contributed by atoms with van der Waals surface area (Å²) in [4.78, 5) is 29.6. The number of methoxy groups -OCH3 is 1. The van der Waals surface area contributed by atoms with Crippen molar-refractivity contribution in [2.75, 3.05) is 33.4 Å². The number of nitrogens with zero attached hydrogens (tertiary/aromatic N) is 2. The van der Waals surface area contributed by atoms with Crippen molar-refractivity contribution in [3.05, 3.63) is 40.5 Å². The molecule has 0 aliphatic carbocycles. The van der Waals surface area contributed by atoms with Gasteiger partial charge < -0.3 is 9.64 Å². The maximum absolute atomic E-state index is 13.1. The number of rotatable bonds is 6. The molecular formula is C20H25ClN2O3. The van der Waals surface area contributed by atoms with E-state index in [2.05, 4.69) is 11.8 Å².